The molecule has 0 saturated carbocycles. The van der Waals surface area contributed by atoms with Gasteiger partial charge in [0.15, 0.2) is 5.78 Å². The number of aromatic amines is 1. The predicted octanol–water partition coefficient (Wildman–Crippen LogP) is 3.22. The Bertz CT molecular complexity index is 1300. The quantitative estimate of drug-likeness (QED) is 0.254. The molecule has 2 fully saturated rings. The molecule has 0 spiro atoms. The van der Waals surface area contributed by atoms with E-state index in [9.17, 15) is 18.6 Å². The molecule has 2 saturated heterocycles. The Balaban J connectivity index is 1.90. The monoisotopic (exact) mass is 629 g/mol. The number of nitrogens with zero attached hydrogens (tertiary/aromatic N) is 4. The zero-order chi connectivity index (χ0) is 31.6. The first-order chi connectivity index (χ1) is 19.5. The Labute approximate surface area is 251 Å². The van der Waals surface area contributed by atoms with E-state index in [1.165, 1.54) is 10.8 Å². The van der Waals surface area contributed by atoms with Crippen molar-refractivity contribution in [1.82, 2.24) is 18.5 Å². The summed E-state index contributed by atoms with van der Waals surface area (Å²) >= 11 is -1.99. The molecule has 2 unspecified atom stereocenters. The van der Waals surface area contributed by atoms with Gasteiger partial charge in [-0.2, -0.15) is 9.57 Å². The van der Waals surface area contributed by atoms with Gasteiger partial charge in [0.05, 0.1) is 37.3 Å². The number of carbonyl (C=O) groups is 1. The van der Waals surface area contributed by atoms with Crippen LogP contribution in [-0.4, -0.2) is 77.1 Å². The lowest BCUT2D eigenvalue weighted by Gasteiger charge is -2.37. The van der Waals surface area contributed by atoms with E-state index >= 15 is 0 Å². The number of rotatable bonds is 13. The molecule has 0 aromatic carbocycles. The van der Waals surface area contributed by atoms with Crippen molar-refractivity contribution >= 4 is 25.6 Å². The number of nitriles is 1. The first-order valence-corrected chi connectivity index (χ1v) is 16.3. The van der Waals surface area contributed by atoms with Gasteiger partial charge in [-0.15, -0.1) is 0 Å². The molecule has 42 heavy (non-hydrogen) atoms. The number of aromatic nitrogens is 2. The molecule has 1 aromatic rings. The van der Waals surface area contributed by atoms with Gasteiger partial charge in [0, 0.05) is 42.2 Å². The van der Waals surface area contributed by atoms with E-state index in [0.29, 0.717) is 5.56 Å². The van der Waals surface area contributed by atoms with E-state index < -0.39 is 60.6 Å². The van der Waals surface area contributed by atoms with Crippen molar-refractivity contribution in [2.45, 2.75) is 123 Å². The largest absolute Gasteiger partial charge is 0.349 e. The van der Waals surface area contributed by atoms with Crippen LogP contribution in [0.5, 0.6) is 0 Å². The molecule has 0 radical (unpaired) electrons. The second-order valence-electron chi connectivity index (χ2n) is 12.3. The van der Waals surface area contributed by atoms with Gasteiger partial charge in [0.2, 0.25) is 11.3 Å². The van der Waals surface area contributed by atoms with Crippen molar-refractivity contribution in [1.29, 1.82) is 5.26 Å². The maximum absolute atomic E-state index is 13.5. The van der Waals surface area contributed by atoms with Crippen LogP contribution in [0.1, 0.15) is 86.4 Å². The Morgan fingerprint density at radius 1 is 1.21 bits per heavy atom. The Morgan fingerprint density at radius 2 is 1.86 bits per heavy atom. The molecule has 0 bridgehead atoms. The molecular formula is C27H44N5O8PS. The highest BCUT2D eigenvalue weighted by molar-refractivity contribution is 7.77. The number of Topliss-reactive ketones (excluding diaryl/α,β-unsaturated/α-hetero) is 1. The third kappa shape index (κ3) is 7.63. The molecule has 1 N–H and O–H groups in total. The summed E-state index contributed by atoms with van der Waals surface area (Å²) in [6.07, 6.45) is -0.144. The van der Waals surface area contributed by atoms with Crippen LogP contribution in [0.2, 0.25) is 0 Å². The summed E-state index contributed by atoms with van der Waals surface area (Å²) in [6.45, 7) is 16.8. The Morgan fingerprint density at radius 3 is 2.40 bits per heavy atom. The van der Waals surface area contributed by atoms with Crippen molar-refractivity contribution in [3.63, 3.8) is 0 Å². The fourth-order valence-electron chi connectivity index (χ4n) is 5.46. The number of ketones is 1. The SMILES string of the molecule is Cc1cn([C@H]2C[C@H](OP(OCCC#N)N(C(C)C)C(C)C)[C@@H](COS(=O)N3C(C)(C)CC(=O)C3(C)C)O2)c(=O)[nH]c1=O. The number of carbonyl (C=O) groups excluding carboxylic acids is 1. The molecule has 3 rings (SSSR count). The van der Waals surface area contributed by atoms with Gasteiger partial charge in [0.25, 0.3) is 14.1 Å². The van der Waals surface area contributed by atoms with Crippen LogP contribution in [0.15, 0.2) is 15.8 Å². The molecule has 3 heterocycles. The lowest BCUT2D eigenvalue weighted by molar-refractivity contribution is -0.122. The average molecular weight is 630 g/mol. The van der Waals surface area contributed by atoms with Crippen LogP contribution < -0.4 is 11.2 Å². The van der Waals surface area contributed by atoms with Crippen molar-refractivity contribution in [2.24, 2.45) is 0 Å². The van der Waals surface area contributed by atoms with Crippen molar-refractivity contribution < 1.29 is 27.0 Å². The standard InChI is InChI=1S/C27H44N5O8PS/c1-17(2)31(18(3)4)41(37-12-10-11-28)40-20-13-23(30-15-19(5)24(34)29-25(30)35)39-21(20)16-38-42(36)32-26(6,7)14-22(33)27(32,8)9/h15,17-18,20-21,23H,10,12-14,16H2,1-9H3,(H,29,34,35)/t20-,21+,23+,41?,42?/m0/s1. The van der Waals surface area contributed by atoms with Crippen LogP contribution in [-0.2, 0) is 34.0 Å². The van der Waals surface area contributed by atoms with Crippen LogP contribution in [0.3, 0.4) is 0 Å². The van der Waals surface area contributed by atoms with E-state index in [1.54, 1.807) is 25.1 Å². The number of hydrogen-bond acceptors (Lipinski definition) is 10. The summed E-state index contributed by atoms with van der Waals surface area (Å²) in [5.74, 6) is -0.0294. The van der Waals surface area contributed by atoms with Crippen LogP contribution >= 0.6 is 8.53 Å². The summed E-state index contributed by atoms with van der Waals surface area (Å²) in [5, 5.41) is 9.07. The molecular weight excluding hydrogens is 585 g/mol. The third-order valence-electron chi connectivity index (χ3n) is 7.34. The van der Waals surface area contributed by atoms with Gasteiger partial charge in [-0.25, -0.2) is 13.7 Å². The lowest BCUT2D eigenvalue weighted by atomic mass is 9.99. The molecule has 236 valence electrons. The summed E-state index contributed by atoms with van der Waals surface area (Å²) in [7, 11) is -1.66. The summed E-state index contributed by atoms with van der Waals surface area (Å²) in [5.41, 5.74) is -2.44. The van der Waals surface area contributed by atoms with Crippen LogP contribution in [0, 0.1) is 18.3 Å². The Kier molecular flexibility index (Phi) is 11.4. The van der Waals surface area contributed by atoms with E-state index in [2.05, 4.69) is 15.7 Å². The molecule has 2 aliphatic heterocycles. The molecule has 5 atom stereocenters. The fourth-order valence-corrected chi connectivity index (χ4v) is 8.52. The zero-order valence-electron chi connectivity index (χ0n) is 25.9. The maximum atomic E-state index is 13.5. The number of ether oxygens (including phenoxy) is 1. The summed E-state index contributed by atoms with van der Waals surface area (Å²) in [6, 6.07) is 2.19. The highest BCUT2D eigenvalue weighted by Gasteiger charge is 2.54. The van der Waals surface area contributed by atoms with Crippen molar-refractivity contribution in [3.8, 4) is 6.07 Å². The predicted molar refractivity (Wildman–Crippen MR) is 158 cm³/mol. The highest BCUT2D eigenvalue weighted by Crippen LogP contribution is 2.50. The molecule has 1 aromatic heterocycles. The van der Waals surface area contributed by atoms with Crippen LogP contribution in [0.25, 0.3) is 0 Å². The number of aryl methyl sites for hydroxylation is 1. The molecule has 2 aliphatic rings. The fraction of sp³-hybridized carbons (Fsp3) is 0.778. The second-order valence-corrected chi connectivity index (χ2v) is 14.7. The van der Waals surface area contributed by atoms with Crippen molar-refractivity contribution in [3.05, 3.63) is 32.6 Å². The molecule has 0 aliphatic carbocycles. The maximum Gasteiger partial charge on any atom is 0.330 e. The minimum Gasteiger partial charge on any atom is -0.349 e. The summed E-state index contributed by atoms with van der Waals surface area (Å²) < 4.78 is 43.2. The first kappa shape index (κ1) is 34.7. The van der Waals surface area contributed by atoms with Gasteiger partial charge < -0.3 is 13.8 Å². The van der Waals surface area contributed by atoms with Gasteiger partial charge in [-0.1, -0.05) is 0 Å². The number of nitrogens with one attached hydrogen (secondary N) is 1. The topological polar surface area (TPSA) is 156 Å². The van der Waals surface area contributed by atoms with E-state index in [-0.39, 0.29) is 50.3 Å². The molecule has 0 amide bonds. The van der Waals surface area contributed by atoms with E-state index in [1.807, 2.05) is 41.5 Å². The highest BCUT2D eigenvalue weighted by atomic mass is 32.2. The molecule has 15 heteroatoms. The number of H-pyrrole nitrogens is 1. The minimum absolute atomic E-state index is 0.0294. The summed E-state index contributed by atoms with van der Waals surface area (Å²) in [4.78, 5) is 39.6. The van der Waals surface area contributed by atoms with Gasteiger partial charge in [-0.05, 0) is 62.3 Å². The zero-order valence-corrected chi connectivity index (χ0v) is 27.6. The number of hydrogen-bond donors (Lipinski definition) is 1. The van der Waals surface area contributed by atoms with Crippen LogP contribution in [0.4, 0.5) is 0 Å². The van der Waals surface area contributed by atoms with Gasteiger partial charge >= 0.3 is 5.69 Å². The smallest absolute Gasteiger partial charge is 0.330 e. The second kappa shape index (κ2) is 13.9. The lowest BCUT2D eigenvalue weighted by Crippen LogP contribution is -2.51. The van der Waals surface area contributed by atoms with E-state index in [4.69, 9.17) is 23.2 Å². The Hall–Kier alpha value is -1.82. The first-order valence-electron chi connectivity index (χ1n) is 14.1. The average Bonchev–Trinajstić information content (AvgIpc) is 3.33. The van der Waals surface area contributed by atoms with Gasteiger partial charge in [0.1, 0.15) is 12.3 Å². The van der Waals surface area contributed by atoms with Crippen molar-refractivity contribution in [2.75, 3.05) is 13.2 Å². The van der Waals surface area contributed by atoms with Gasteiger partial charge in [-0.3, -0.25) is 23.3 Å². The normalized spacial score (nSPS) is 25.4. The minimum atomic E-state index is -1.99. The third-order valence-corrected chi connectivity index (χ3v) is 11.1. The molecule has 13 nitrogen and oxygen atoms in total. The van der Waals surface area contributed by atoms with E-state index in [0.717, 1.165) is 0 Å².